The van der Waals surface area contributed by atoms with Crippen LogP contribution >= 0.6 is 34.8 Å². The Kier molecular flexibility index (Phi) is 5.65. The van der Waals surface area contributed by atoms with Crippen molar-refractivity contribution in [1.82, 2.24) is 4.98 Å². The summed E-state index contributed by atoms with van der Waals surface area (Å²) in [4.78, 5) is 27.3. The van der Waals surface area contributed by atoms with E-state index in [1.807, 2.05) is 0 Å². The number of pyridine rings is 1. The van der Waals surface area contributed by atoms with Gasteiger partial charge in [-0.15, -0.1) is 0 Å². The zero-order valence-corrected chi connectivity index (χ0v) is 13.7. The smallest absolute Gasteiger partial charge is 0.359 e. The van der Waals surface area contributed by atoms with Gasteiger partial charge in [0, 0.05) is 5.69 Å². The molecule has 0 spiro atoms. The lowest BCUT2D eigenvalue weighted by atomic mass is 10.3. The summed E-state index contributed by atoms with van der Waals surface area (Å²) in [5, 5.41) is 2.12. The molecule has 2 aromatic rings. The maximum Gasteiger partial charge on any atom is 0.359 e. The Balaban J connectivity index is 2.01. The van der Waals surface area contributed by atoms with Gasteiger partial charge < -0.3 is 15.8 Å². The highest BCUT2D eigenvalue weighted by molar-refractivity contribution is 6.46. The number of nitrogens with zero attached hydrogens (tertiary/aromatic N) is 1. The molecule has 0 aliphatic rings. The Labute approximate surface area is 146 Å². The number of aromatic nitrogens is 1. The van der Waals surface area contributed by atoms with Crippen molar-refractivity contribution in [3.05, 3.63) is 51.2 Å². The number of carbonyl (C=O) groups excluding carboxylic acids is 2. The highest BCUT2D eigenvalue weighted by atomic mass is 35.5. The van der Waals surface area contributed by atoms with Crippen molar-refractivity contribution in [3.63, 3.8) is 0 Å². The van der Waals surface area contributed by atoms with E-state index in [0.29, 0.717) is 5.69 Å². The third kappa shape index (κ3) is 4.25. The number of nitrogen functional groups attached to an aromatic ring is 1. The maximum absolute atomic E-state index is 11.9. The highest BCUT2D eigenvalue weighted by Crippen LogP contribution is 2.34. The fourth-order valence-electron chi connectivity index (χ4n) is 1.58. The number of ether oxygens (including phenoxy) is 1. The molecule has 23 heavy (non-hydrogen) atoms. The van der Waals surface area contributed by atoms with Gasteiger partial charge in [0.05, 0.1) is 10.7 Å². The van der Waals surface area contributed by atoms with Gasteiger partial charge >= 0.3 is 5.97 Å². The zero-order valence-electron chi connectivity index (χ0n) is 11.5. The summed E-state index contributed by atoms with van der Waals surface area (Å²) in [5.74, 6) is -1.46. The van der Waals surface area contributed by atoms with Crippen LogP contribution in [0.25, 0.3) is 0 Å². The fourth-order valence-corrected chi connectivity index (χ4v) is 2.17. The summed E-state index contributed by atoms with van der Waals surface area (Å²) < 4.78 is 4.84. The van der Waals surface area contributed by atoms with E-state index in [2.05, 4.69) is 10.3 Å². The van der Waals surface area contributed by atoms with E-state index in [1.165, 1.54) is 0 Å². The molecule has 2 rings (SSSR count). The zero-order chi connectivity index (χ0) is 17.0. The van der Waals surface area contributed by atoms with Crippen LogP contribution in [0.5, 0.6) is 0 Å². The van der Waals surface area contributed by atoms with Crippen LogP contribution in [-0.2, 0) is 9.53 Å². The number of nitrogens with two attached hydrogens (primary N) is 1. The standard InChI is InChI=1S/C14H10Cl3N3O3/c15-9-11(18)10(16)13(17)20-12(9)14(22)23-6-8(21)19-7-4-2-1-3-5-7/h1-5H,6H2,(H2,18,20)(H,19,21). The van der Waals surface area contributed by atoms with Gasteiger partial charge in [-0.1, -0.05) is 53.0 Å². The molecule has 9 heteroatoms. The molecule has 6 nitrogen and oxygen atoms in total. The van der Waals surface area contributed by atoms with Gasteiger partial charge in [0.15, 0.2) is 17.5 Å². The van der Waals surface area contributed by atoms with Crippen molar-refractivity contribution in [2.75, 3.05) is 17.7 Å². The molecular weight excluding hydrogens is 365 g/mol. The van der Waals surface area contributed by atoms with Crippen LogP contribution < -0.4 is 11.1 Å². The SMILES string of the molecule is Nc1c(Cl)c(Cl)nc(C(=O)OCC(=O)Nc2ccccc2)c1Cl. The first-order chi connectivity index (χ1) is 10.9. The van der Waals surface area contributed by atoms with E-state index in [9.17, 15) is 9.59 Å². The molecule has 1 heterocycles. The molecule has 0 radical (unpaired) electrons. The number of hydrogen-bond acceptors (Lipinski definition) is 5. The van der Waals surface area contributed by atoms with Crippen LogP contribution in [0.2, 0.25) is 15.2 Å². The number of carbonyl (C=O) groups is 2. The van der Waals surface area contributed by atoms with Crippen molar-refractivity contribution in [2.45, 2.75) is 0 Å². The second kappa shape index (κ2) is 7.50. The predicted octanol–water partition coefficient (Wildman–Crippen LogP) is 3.42. The number of hydrogen-bond donors (Lipinski definition) is 2. The molecular formula is C14H10Cl3N3O3. The third-order valence-electron chi connectivity index (χ3n) is 2.66. The van der Waals surface area contributed by atoms with Crippen molar-refractivity contribution < 1.29 is 14.3 Å². The Morgan fingerprint density at radius 1 is 1.13 bits per heavy atom. The quantitative estimate of drug-likeness (QED) is 0.631. The lowest BCUT2D eigenvalue weighted by Gasteiger charge is -2.09. The summed E-state index contributed by atoms with van der Waals surface area (Å²) in [7, 11) is 0. The second-order valence-electron chi connectivity index (χ2n) is 4.28. The van der Waals surface area contributed by atoms with Crippen molar-refractivity contribution in [1.29, 1.82) is 0 Å². The Bertz CT molecular complexity index is 754. The van der Waals surface area contributed by atoms with Crippen molar-refractivity contribution in [3.8, 4) is 0 Å². The lowest BCUT2D eigenvalue weighted by Crippen LogP contribution is -2.21. The van der Waals surface area contributed by atoms with Gasteiger partial charge in [-0.25, -0.2) is 9.78 Å². The highest BCUT2D eigenvalue weighted by Gasteiger charge is 2.21. The molecule has 0 bridgehead atoms. The Morgan fingerprint density at radius 3 is 2.43 bits per heavy atom. The van der Waals surface area contributed by atoms with E-state index in [1.54, 1.807) is 30.3 Å². The van der Waals surface area contributed by atoms with Gasteiger partial charge in [-0.3, -0.25) is 4.79 Å². The summed E-state index contributed by atoms with van der Waals surface area (Å²) in [6.07, 6.45) is 0. The van der Waals surface area contributed by atoms with E-state index in [4.69, 9.17) is 45.3 Å². The first kappa shape index (κ1) is 17.3. The third-order valence-corrected chi connectivity index (χ3v) is 3.79. The number of amides is 1. The van der Waals surface area contributed by atoms with E-state index < -0.39 is 18.5 Å². The minimum atomic E-state index is -0.941. The molecule has 3 N–H and O–H groups in total. The molecule has 0 saturated heterocycles. The molecule has 0 fully saturated rings. The first-order valence-electron chi connectivity index (χ1n) is 6.22. The molecule has 1 aromatic heterocycles. The Morgan fingerprint density at radius 2 is 1.78 bits per heavy atom. The monoisotopic (exact) mass is 373 g/mol. The molecule has 0 aliphatic heterocycles. The van der Waals surface area contributed by atoms with Crippen LogP contribution in [0.1, 0.15) is 10.5 Å². The van der Waals surface area contributed by atoms with Gasteiger partial charge in [-0.05, 0) is 12.1 Å². The van der Waals surface area contributed by atoms with E-state index >= 15 is 0 Å². The van der Waals surface area contributed by atoms with Crippen LogP contribution in [0.15, 0.2) is 30.3 Å². The summed E-state index contributed by atoms with van der Waals surface area (Å²) in [6, 6.07) is 8.70. The minimum Gasteiger partial charge on any atom is -0.451 e. The van der Waals surface area contributed by atoms with Crippen molar-refractivity contribution >= 4 is 58.1 Å². The number of esters is 1. The lowest BCUT2D eigenvalue weighted by molar-refractivity contribution is -0.119. The van der Waals surface area contributed by atoms with Gasteiger partial charge in [0.25, 0.3) is 5.91 Å². The molecule has 120 valence electrons. The van der Waals surface area contributed by atoms with Crippen LogP contribution in [0.4, 0.5) is 11.4 Å². The first-order valence-corrected chi connectivity index (χ1v) is 7.35. The van der Waals surface area contributed by atoms with E-state index in [0.717, 1.165) is 0 Å². The number of halogens is 3. The van der Waals surface area contributed by atoms with E-state index in [-0.39, 0.29) is 26.6 Å². The van der Waals surface area contributed by atoms with Gasteiger partial charge in [-0.2, -0.15) is 0 Å². The number of rotatable bonds is 4. The van der Waals surface area contributed by atoms with Crippen LogP contribution in [0, 0.1) is 0 Å². The van der Waals surface area contributed by atoms with Crippen molar-refractivity contribution in [2.24, 2.45) is 0 Å². The average Bonchev–Trinajstić information content (AvgIpc) is 2.55. The minimum absolute atomic E-state index is 0.0602. The predicted molar refractivity (Wildman–Crippen MR) is 89.0 cm³/mol. The summed E-state index contributed by atoms with van der Waals surface area (Å²) >= 11 is 17.4. The fraction of sp³-hybridized carbons (Fsp3) is 0.0714. The summed E-state index contributed by atoms with van der Waals surface area (Å²) in [5.41, 5.74) is 5.77. The van der Waals surface area contributed by atoms with Crippen LogP contribution in [-0.4, -0.2) is 23.5 Å². The number of nitrogens with one attached hydrogen (secondary N) is 1. The molecule has 0 atom stereocenters. The largest absolute Gasteiger partial charge is 0.451 e. The topological polar surface area (TPSA) is 94.3 Å². The normalized spacial score (nSPS) is 10.2. The average molecular weight is 375 g/mol. The number of benzene rings is 1. The van der Waals surface area contributed by atoms with Crippen LogP contribution in [0.3, 0.4) is 0 Å². The summed E-state index contributed by atoms with van der Waals surface area (Å²) in [6.45, 7) is -0.522. The molecule has 0 unspecified atom stereocenters. The molecule has 1 amide bonds. The number of anilines is 2. The maximum atomic E-state index is 11.9. The van der Waals surface area contributed by atoms with Gasteiger partial charge in [0.1, 0.15) is 5.02 Å². The van der Waals surface area contributed by atoms with Gasteiger partial charge in [0.2, 0.25) is 0 Å². The second-order valence-corrected chi connectivity index (χ2v) is 5.40. The Hall–Kier alpha value is -2.02. The molecule has 0 saturated carbocycles. The molecule has 0 aliphatic carbocycles. The molecule has 1 aromatic carbocycles. The number of para-hydroxylation sites is 1.